The molecule has 1 aromatic heterocycles. The quantitative estimate of drug-likeness (QED) is 0.693. The van der Waals surface area contributed by atoms with Crippen molar-refractivity contribution in [3.63, 3.8) is 0 Å². The highest BCUT2D eigenvalue weighted by atomic mass is 32.1. The van der Waals surface area contributed by atoms with E-state index in [1.165, 1.54) is 0 Å². The molecule has 0 saturated heterocycles. The Hall–Kier alpha value is -1.36. The molecule has 0 aromatic carbocycles. The van der Waals surface area contributed by atoms with Crippen LogP contribution in [-0.2, 0) is 20.7 Å². The van der Waals surface area contributed by atoms with Crippen LogP contribution >= 0.6 is 11.3 Å². The summed E-state index contributed by atoms with van der Waals surface area (Å²) in [6.45, 7) is 6.65. The second kappa shape index (κ2) is 8.74. The van der Waals surface area contributed by atoms with E-state index in [0.717, 1.165) is 11.3 Å². The molecule has 0 spiro atoms. The van der Waals surface area contributed by atoms with E-state index < -0.39 is 0 Å². The smallest absolute Gasteiger partial charge is 0.307 e. The first-order valence-corrected chi connectivity index (χ1v) is 7.93. The van der Waals surface area contributed by atoms with Crippen LogP contribution in [0.1, 0.15) is 38.5 Å². The van der Waals surface area contributed by atoms with Crippen LogP contribution in [0.5, 0.6) is 0 Å². The van der Waals surface area contributed by atoms with Crippen molar-refractivity contribution < 1.29 is 14.3 Å². The van der Waals surface area contributed by atoms with Gasteiger partial charge in [0, 0.05) is 17.5 Å². The molecule has 0 fully saturated rings. The fourth-order valence-electron chi connectivity index (χ4n) is 1.92. The van der Waals surface area contributed by atoms with Crippen molar-refractivity contribution in [3.8, 4) is 0 Å². The Kier molecular flexibility index (Phi) is 7.30. The van der Waals surface area contributed by atoms with Gasteiger partial charge in [0.05, 0.1) is 19.4 Å². The maximum atomic E-state index is 12.4. The first-order chi connectivity index (χ1) is 9.58. The lowest BCUT2D eigenvalue weighted by Crippen LogP contribution is -2.40. The first kappa shape index (κ1) is 16.7. The summed E-state index contributed by atoms with van der Waals surface area (Å²) >= 11 is 1.58. The van der Waals surface area contributed by atoms with E-state index in [1.807, 2.05) is 31.4 Å². The second-order valence-corrected chi connectivity index (χ2v) is 5.69. The Morgan fingerprint density at radius 2 is 2.15 bits per heavy atom. The molecule has 1 atom stereocenters. The van der Waals surface area contributed by atoms with Crippen LogP contribution < -0.4 is 0 Å². The number of thiophene rings is 1. The third kappa shape index (κ3) is 5.33. The fourth-order valence-corrected chi connectivity index (χ4v) is 2.62. The van der Waals surface area contributed by atoms with Crippen molar-refractivity contribution in [2.24, 2.45) is 0 Å². The summed E-state index contributed by atoms with van der Waals surface area (Å²) in [6, 6.07) is 4.04. The molecular weight excluding hydrogens is 274 g/mol. The zero-order chi connectivity index (χ0) is 15.0. The average molecular weight is 297 g/mol. The van der Waals surface area contributed by atoms with E-state index in [0.29, 0.717) is 19.6 Å². The molecule has 1 rings (SSSR count). The lowest BCUT2D eigenvalue weighted by molar-refractivity contribution is -0.144. The number of ether oxygens (including phenoxy) is 1. The maximum absolute atomic E-state index is 12.4. The number of hydrogen-bond acceptors (Lipinski definition) is 4. The van der Waals surface area contributed by atoms with Crippen molar-refractivity contribution >= 4 is 23.2 Å². The molecule has 0 aliphatic heterocycles. The molecular formula is C15H23NO3S. The lowest BCUT2D eigenvalue weighted by Gasteiger charge is -2.28. The minimum atomic E-state index is -0.246. The van der Waals surface area contributed by atoms with Gasteiger partial charge in [-0.1, -0.05) is 13.0 Å². The molecule has 0 radical (unpaired) electrons. The predicted molar refractivity (Wildman–Crippen MR) is 80.7 cm³/mol. The Morgan fingerprint density at radius 1 is 1.40 bits per heavy atom. The van der Waals surface area contributed by atoms with Gasteiger partial charge in [0.2, 0.25) is 5.91 Å². The molecule has 112 valence electrons. The topological polar surface area (TPSA) is 46.6 Å². The molecule has 1 amide bonds. The normalized spacial score (nSPS) is 11.9. The highest BCUT2D eigenvalue weighted by Gasteiger charge is 2.20. The van der Waals surface area contributed by atoms with Gasteiger partial charge in [0.1, 0.15) is 0 Å². The molecule has 1 unspecified atom stereocenters. The maximum Gasteiger partial charge on any atom is 0.307 e. The summed E-state index contributed by atoms with van der Waals surface area (Å²) < 4.78 is 4.92. The summed E-state index contributed by atoms with van der Waals surface area (Å²) in [6.07, 6.45) is 1.54. The van der Waals surface area contributed by atoms with Gasteiger partial charge in [0.15, 0.2) is 0 Å². The van der Waals surface area contributed by atoms with Crippen LogP contribution in [0.2, 0.25) is 0 Å². The van der Waals surface area contributed by atoms with Crippen molar-refractivity contribution in [2.45, 2.75) is 46.1 Å². The molecule has 1 heterocycles. The second-order valence-electron chi connectivity index (χ2n) is 4.66. The van der Waals surface area contributed by atoms with Crippen molar-refractivity contribution in [2.75, 3.05) is 13.2 Å². The van der Waals surface area contributed by atoms with E-state index >= 15 is 0 Å². The monoisotopic (exact) mass is 297 g/mol. The Bertz CT molecular complexity index is 417. The van der Waals surface area contributed by atoms with Gasteiger partial charge in [-0.3, -0.25) is 9.59 Å². The van der Waals surface area contributed by atoms with Gasteiger partial charge in [-0.2, -0.15) is 0 Å². The van der Waals surface area contributed by atoms with Gasteiger partial charge in [0.25, 0.3) is 0 Å². The zero-order valence-electron chi connectivity index (χ0n) is 12.4. The van der Waals surface area contributed by atoms with Crippen molar-refractivity contribution in [1.82, 2.24) is 4.90 Å². The minimum absolute atomic E-state index is 0.0751. The molecule has 0 saturated carbocycles. The molecule has 0 aliphatic rings. The molecule has 0 N–H and O–H groups in total. The van der Waals surface area contributed by atoms with Gasteiger partial charge >= 0.3 is 5.97 Å². The van der Waals surface area contributed by atoms with E-state index in [-0.39, 0.29) is 24.3 Å². The number of nitrogens with zero attached hydrogens (tertiary/aromatic N) is 1. The highest BCUT2D eigenvalue weighted by molar-refractivity contribution is 7.10. The van der Waals surface area contributed by atoms with Gasteiger partial charge in [-0.25, -0.2) is 0 Å². The van der Waals surface area contributed by atoms with Gasteiger partial charge < -0.3 is 9.64 Å². The molecule has 0 aliphatic carbocycles. The molecule has 20 heavy (non-hydrogen) atoms. The molecule has 1 aromatic rings. The van der Waals surface area contributed by atoms with Crippen LogP contribution in [0.4, 0.5) is 0 Å². The van der Waals surface area contributed by atoms with E-state index in [1.54, 1.807) is 23.2 Å². The summed E-state index contributed by atoms with van der Waals surface area (Å²) in [7, 11) is 0. The molecule has 5 heteroatoms. The SMILES string of the molecule is CCOC(=O)CCN(C(=O)Cc1cccs1)C(C)CC. The Balaban J connectivity index is 2.59. The summed E-state index contributed by atoms with van der Waals surface area (Å²) in [5, 5.41) is 1.97. The van der Waals surface area contributed by atoms with E-state index in [9.17, 15) is 9.59 Å². The van der Waals surface area contributed by atoms with Crippen LogP contribution in [0, 0.1) is 0 Å². The van der Waals surface area contributed by atoms with Crippen LogP contribution in [0.25, 0.3) is 0 Å². The zero-order valence-corrected chi connectivity index (χ0v) is 13.2. The number of carbonyl (C=O) groups is 2. The number of carbonyl (C=O) groups excluding carboxylic acids is 2. The number of esters is 1. The number of hydrogen-bond donors (Lipinski definition) is 0. The average Bonchev–Trinajstić information content (AvgIpc) is 2.91. The van der Waals surface area contributed by atoms with Gasteiger partial charge in [-0.15, -0.1) is 11.3 Å². The highest BCUT2D eigenvalue weighted by Crippen LogP contribution is 2.13. The summed E-state index contributed by atoms with van der Waals surface area (Å²) in [5.41, 5.74) is 0. The third-order valence-corrected chi connectivity index (χ3v) is 4.09. The lowest BCUT2D eigenvalue weighted by atomic mass is 10.2. The van der Waals surface area contributed by atoms with Crippen molar-refractivity contribution in [3.05, 3.63) is 22.4 Å². The predicted octanol–water partition coefficient (Wildman–Crippen LogP) is 2.87. The summed E-state index contributed by atoms with van der Waals surface area (Å²) in [4.78, 5) is 26.6. The number of amides is 1. The van der Waals surface area contributed by atoms with E-state index in [2.05, 4.69) is 0 Å². The Morgan fingerprint density at radius 3 is 2.70 bits per heavy atom. The minimum Gasteiger partial charge on any atom is -0.466 e. The first-order valence-electron chi connectivity index (χ1n) is 7.05. The van der Waals surface area contributed by atoms with Crippen LogP contribution in [-0.4, -0.2) is 36.0 Å². The Labute approximate surface area is 124 Å². The summed E-state index contributed by atoms with van der Waals surface area (Å²) in [5.74, 6) is -0.171. The van der Waals surface area contributed by atoms with Gasteiger partial charge in [-0.05, 0) is 31.7 Å². The van der Waals surface area contributed by atoms with Crippen LogP contribution in [0.15, 0.2) is 17.5 Å². The number of rotatable bonds is 8. The largest absolute Gasteiger partial charge is 0.466 e. The fraction of sp³-hybridized carbons (Fsp3) is 0.600. The van der Waals surface area contributed by atoms with Crippen molar-refractivity contribution in [1.29, 1.82) is 0 Å². The van der Waals surface area contributed by atoms with E-state index in [4.69, 9.17) is 4.74 Å². The third-order valence-electron chi connectivity index (χ3n) is 3.21. The molecule has 0 bridgehead atoms. The molecule has 4 nitrogen and oxygen atoms in total. The standard InChI is InChI=1S/C15H23NO3S/c1-4-12(3)16(9-8-15(18)19-5-2)14(17)11-13-7-6-10-20-13/h6-7,10,12H,4-5,8-9,11H2,1-3H3. The van der Waals surface area contributed by atoms with Crippen LogP contribution in [0.3, 0.4) is 0 Å².